The van der Waals surface area contributed by atoms with E-state index in [2.05, 4.69) is 18.9 Å². The van der Waals surface area contributed by atoms with Crippen molar-refractivity contribution in [3.8, 4) is 0 Å². The van der Waals surface area contributed by atoms with Crippen molar-refractivity contribution in [2.24, 2.45) is 12.5 Å². The molecule has 1 aromatic heterocycles. The smallest absolute Gasteiger partial charge is 0.169 e. The molecule has 0 saturated heterocycles. The molecule has 118 valence electrons. The van der Waals surface area contributed by atoms with Crippen LogP contribution in [0.2, 0.25) is 5.15 Å². The van der Waals surface area contributed by atoms with E-state index in [-0.39, 0.29) is 5.78 Å². The van der Waals surface area contributed by atoms with Gasteiger partial charge < -0.3 is 4.74 Å². The summed E-state index contributed by atoms with van der Waals surface area (Å²) in [6, 6.07) is 0. The summed E-state index contributed by atoms with van der Waals surface area (Å²) >= 11 is 6.24. The molecular formula is C16H25ClN2O2. The number of nitrogens with zero attached hydrogens (tertiary/aromatic N) is 2. The van der Waals surface area contributed by atoms with Crippen LogP contribution >= 0.6 is 11.6 Å². The first kappa shape index (κ1) is 16.5. The molecule has 1 aliphatic carbocycles. The number of aryl methyl sites for hydroxylation is 2. The fraction of sp³-hybridized carbons (Fsp3) is 0.750. The van der Waals surface area contributed by atoms with Gasteiger partial charge in [-0.05, 0) is 38.0 Å². The second-order valence-electron chi connectivity index (χ2n) is 6.94. The number of carbonyl (C=O) groups is 1. The molecule has 0 aromatic carbocycles. The van der Waals surface area contributed by atoms with Crippen molar-refractivity contribution in [3.05, 3.63) is 16.4 Å². The van der Waals surface area contributed by atoms with Gasteiger partial charge >= 0.3 is 0 Å². The quantitative estimate of drug-likeness (QED) is 0.855. The predicted molar refractivity (Wildman–Crippen MR) is 83.7 cm³/mol. The molecule has 0 radical (unpaired) electrons. The van der Waals surface area contributed by atoms with Crippen molar-refractivity contribution in [3.63, 3.8) is 0 Å². The standard InChI is InChI=1S/C16H25ClN2O2/c1-11-12(14(17)19(4)18-11)10-13(20)16(21-5)8-6-15(2,3)7-9-16/h6-10H2,1-5H3. The zero-order valence-corrected chi connectivity index (χ0v) is 14.4. The average Bonchev–Trinajstić information content (AvgIpc) is 2.66. The Kier molecular flexibility index (Phi) is 4.50. The minimum atomic E-state index is -0.652. The van der Waals surface area contributed by atoms with E-state index >= 15 is 0 Å². The first-order chi connectivity index (χ1) is 9.71. The van der Waals surface area contributed by atoms with Crippen molar-refractivity contribution in [2.45, 2.75) is 58.5 Å². The lowest BCUT2D eigenvalue weighted by Crippen LogP contribution is -2.46. The molecule has 0 atom stereocenters. The number of aromatic nitrogens is 2. The highest BCUT2D eigenvalue weighted by atomic mass is 35.5. The number of halogens is 1. The molecule has 0 spiro atoms. The van der Waals surface area contributed by atoms with Crippen molar-refractivity contribution >= 4 is 17.4 Å². The Morgan fingerprint density at radius 2 is 1.90 bits per heavy atom. The summed E-state index contributed by atoms with van der Waals surface area (Å²) in [6.07, 6.45) is 3.88. The zero-order valence-electron chi connectivity index (χ0n) is 13.6. The topological polar surface area (TPSA) is 44.1 Å². The molecule has 2 rings (SSSR count). The van der Waals surface area contributed by atoms with Crippen molar-refractivity contribution < 1.29 is 9.53 Å². The number of methoxy groups -OCH3 is 1. The van der Waals surface area contributed by atoms with E-state index < -0.39 is 5.60 Å². The van der Waals surface area contributed by atoms with Crippen LogP contribution in [0.15, 0.2) is 0 Å². The van der Waals surface area contributed by atoms with Crippen molar-refractivity contribution in [2.75, 3.05) is 7.11 Å². The van der Waals surface area contributed by atoms with Gasteiger partial charge in [-0.2, -0.15) is 5.10 Å². The minimum Gasteiger partial charge on any atom is -0.370 e. The lowest BCUT2D eigenvalue weighted by Gasteiger charge is -2.41. The average molecular weight is 313 g/mol. The second kappa shape index (κ2) is 5.73. The Bertz CT molecular complexity index is 539. The number of hydrogen-bond donors (Lipinski definition) is 0. The Labute approximate surface area is 131 Å². The van der Waals surface area contributed by atoms with Crippen LogP contribution in [0.3, 0.4) is 0 Å². The van der Waals surface area contributed by atoms with Crippen LogP contribution in [0.4, 0.5) is 0 Å². The molecular weight excluding hydrogens is 288 g/mol. The molecule has 0 amide bonds. The molecule has 21 heavy (non-hydrogen) atoms. The van der Waals surface area contributed by atoms with E-state index in [1.54, 1.807) is 18.8 Å². The molecule has 0 bridgehead atoms. The number of ether oxygens (including phenoxy) is 1. The van der Waals surface area contributed by atoms with Crippen LogP contribution in [-0.2, 0) is 23.0 Å². The van der Waals surface area contributed by atoms with Gasteiger partial charge in [-0.1, -0.05) is 25.4 Å². The number of rotatable bonds is 4. The molecule has 4 nitrogen and oxygen atoms in total. The maximum Gasteiger partial charge on any atom is 0.169 e. The Balaban J connectivity index is 2.18. The van der Waals surface area contributed by atoms with Gasteiger partial charge in [0.15, 0.2) is 5.78 Å². The Morgan fingerprint density at radius 3 is 2.33 bits per heavy atom. The van der Waals surface area contributed by atoms with Crippen LogP contribution in [-0.4, -0.2) is 28.3 Å². The van der Waals surface area contributed by atoms with E-state index in [0.29, 0.717) is 17.0 Å². The third-order valence-electron chi connectivity index (χ3n) is 4.92. The normalized spacial score (nSPS) is 20.5. The van der Waals surface area contributed by atoms with Crippen molar-refractivity contribution in [1.82, 2.24) is 9.78 Å². The summed E-state index contributed by atoms with van der Waals surface area (Å²) < 4.78 is 7.29. The van der Waals surface area contributed by atoms with E-state index in [9.17, 15) is 4.79 Å². The first-order valence-corrected chi connectivity index (χ1v) is 7.85. The number of hydrogen-bond acceptors (Lipinski definition) is 3. The summed E-state index contributed by atoms with van der Waals surface area (Å²) in [5.74, 6) is 0.124. The van der Waals surface area contributed by atoms with Crippen LogP contribution in [0.5, 0.6) is 0 Å². The minimum absolute atomic E-state index is 0.124. The molecule has 1 saturated carbocycles. The first-order valence-electron chi connectivity index (χ1n) is 7.47. The highest BCUT2D eigenvalue weighted by Gasteiger charge is 2.44. The maximum atomic E-state index is 12.8. The zero-order chi connectivity index (χ0) is 15.8. The van der Waals surface area contributed by atoms with E-state index in [1.807, 2.05) is 6.92 Å². The number of ketones is 1. The third-order valence-corrected chi connectivity index (χ3v) is 5.39. The van der Waals surface area contributed by atoms with Gasteiger partial charge in [-0.15, -0.1) is 0 Å². The monoisotopic (exact) mass is 312 g/mol. The Hall–Kier alpha value is -0.870. The van der Waals surface area contributed by atoms with Gasteiger partial charge in [-0.3, -0.25) is 9.48 Å². The molecule has 1 heterocycles. The number of carbonyl (C=O) groups excluding carboxylic acids is 1. The van der Waals surface area contributed by atoms with Gasteiger partial charge in [0.2, 0.25) is 0 Å². The highest BCUT2D eigenvalue weighted by molar-refractivity contribution is 6.30. The Morgan fingerprint density at radius 1 is 1.33 bits per heavy atom. The second-order valence-corrected chi connectivity index (χ2v) is 7.30. The summed E-state index contributed by atoms with van der Waals surface area (Å²) in [7, 11) is 3.44. The van der Waals surface area contributed by atoms with Gasteiger partial charge in [0.05, 0.1) is 5.69 Å². The summed E-state index contributed by atoms with van der Waals surface area (Å²) in [5, 5.41) is 4.82. The van der Waals surface area contributed by atoms with Gasteiger partial charge in [0.1, 0.15) is 10.8 Å². The van der Waals surface area contributed by atoms with Gasteiger partial charge in [0.25, 0.3) is 0 Å². The van der Waals surface area contributed by atoms with Gasteiger partial charge in [-0.25, -0.2) is 0 Å². The van der Waals surface area contributed by atoms with Gasteiger partial charge in [0, 0.05) is 26.1 Å². The predicted octanol–water partition coefficient (Wildman–Crippen LogP) is 3.48. The highest BCUT2D eigenvalue weighted by Crippen LogP contribution is 2.42. The van der Waals surface area contributed by atoms with Crippen LogP contribution in [0, 0.1) is 12.3 Å². The molecule has 1 fully saturated rings. The lowest BCUT2D eigenvalue weighted by atomic mass is 9.69. The fourth-order valence-electron chi connectivity index (χ4n) is 3.12. The summed E-state index contributed by atoms with van der Waals surface area (Å²) in [4.78, 5) is 12.8. The summed E-state index contributed by atoms with van der Waals surface area (Å²) in [5.41, 5.74) is 1.29. The van der Waals surface area contributed by atoms with Crippen LogP contribution < -0.4 is 0 Å². The SMILES string of the molecule is COC1(C(=O)Cc2c(C)nn(C)c2Cl)CCC(C)(C)CC1. The molecule has 0 aliphatic heterocycles. The molecule has 5 heteroatoms. The fourth-order valence-corrected chi connectivity index (χ4v) is 3.37. The van der Waals surface area contributed by atoms with Crippen molar-refractivity contribution in [1.29, 1.82) is 0 Å². The number of Topliss-reactive ketones (excluding diaryl/α,β-unsaturated/α-hetero) is 1. The van der Waals surface area contributed by atoms with Crippen LogP contribution in [0.25, 0.3) is 0 Å². The molecule has 1 aromatic rings. The van der Waals surface area contributed by atoms with E-state index in [0.717, 1.165) is 36.9 Å². The molecule has 1 aliphatic rings. The summed E-state index contributed by atoms with van der Waals surface area (Å²) in [6.45, 7) is 6.39. The third kappa shape index (κ3) is 3.16. The molecule has 0 unspecified atom stereocenters. The largest absolute Gasteiger partial charge is 0.370 e. The van der Waals surface area contributed by atoms with Crippen LogP contribution in [0.1, 0.15) is 50.8 Å². The maximum absolute atomic E-state index is 12.8. The lowest BCUT2D eigenvalue weighted by molar-refractivity contribution is -0.147. The van der Waals surface area contributed by atoms with E-state index in [4.69, 9.17) is 16.3 Å². The van der Waals surface area contributed by atoms with E-state index in [1.165, 1.54) is 0 Å². The molecule has 0 N–H and O–H groups in total.